The van der Waals surface area contributed by atoms with Crippen LogP contribution < -0.4 is 4.74 Å². The molecule has 0 aromatic heterocycles. The Morgan fingerprint density at radius 3 is 2.43 bits per heavy atom. The third-order valence-electron chi connectivity index (χ3n) is 5.12. The van der Waals surface area contributed by atoms with Crippen molar-refractivity contribution in [2.24, 2.45) is 0 Å². The normalized spacial score (nSPS) is 26.4. The maximum Gasteiger partial charge on any atom is 0.185 e. The maximum absolute atomic E-state index is 11.3. The topological polar surface area (TPSA) is 96.2 Å². The molecule has 1 aliphatic heterocycles. The molecule has 0 spiro atoms. The summed E-state index contributed by atoms with van der Waals surface area (Å²) in [5.41, 5.74) is 2.51. The lowest BCUT2D eigenvalue weighted by molar-refractivity contribution is -0.218. The molecule has 0 radical (unpaired) electrons. The molecule has 2 aromatic carbocycles. The Hall–Kier alpha value is -1.61. The van der Waals surface area contributed by atoms with Gasteiger partial charge in [0.25, 0.3) is 0 Å². The van der Waals surface area contributed by atoms with E-state index in [4.69, 9.17) is 21.1 Å². The van der Waals surface area contributed by atoms with Gasteiger partial charge >= 0.3 is 0 Å². The van der Waals surface area contributed by atoms with Crippen LogP contribution in [-0.4, -0.2) is 57.7 Å². The van der Waals surface area contributed by atoms with Crippen LogP contribution in [0.1, 0.15) is 29.7 Å². The minimum Gasteiger partial charge on any atom is -0.497 e. The van der Waals surface area contributed by atoms with Crippen molar-refractivity contribution in [1.82, 2.24) is 0 Å². The monoisotopic (exact) mass is 452 g/mol. The van der Waals surface area contributed by atoms with Crippen molar-refractivity contribution in [2.75, 3.05) is 12.9 Å². The summed E-state index contributed by atoms with van der Waals surface area (Å²) in [6, 6.07) is 12.9. The molecule has 1 saturated heterocycles. The number of aliphatic hydroxyl groups excluding tert-OH is 3. The number of carbonyl (C=O) groups excluding carboxylic acids is 1. The molecule has 30 heavy (non-hydrogen) atoms. The Labute approximate surface area is 184 Å². The Bertz CT molecular complexity index is 874. The van der Waals surface area contributed by atoms with E-state index >= 15 is 0 Å². The van der Waals surface area contributed by atoms with Gasteiger partial charge in [-0.15, -0.1) is 0 Å². The highest BCUT2D eigenvalue weighted by atomic mass is 35.5. The average Bonchev–Trinajstić information content (AvgIpc) is 2.74. The van der Waals surface area contributed by atoms with Crippen LogP contribution in [0, 0.1) is 0 Å². The molecule has 2 aromatic rings. The minimum absolute atomic E-state index is 0.115. The first-order valence-corrected chi connectivity index (χ1v) is 10.9. The van der Waals surface area contributed by atoms with Gasteiger partial charge in [0.15, 0.2) is 5.12 Å². The van der Waals surface area contributed by atoms with Crippen LogP contribution in [0.2, 0.25) is 5.02 Å². The third-order valence-corrected chi connectivity index (χ3v) is 6.39. The first kappa shape index (κ1) is 23.1. The number of benzene rings is 2. The molecule has 3 N–H and O–H groups in total. The van der Waals surface area contributed by atoms with Crippen LogP contribution in [0.4, 0.5) is 0 Å². The summed E-state index contributed by atoms with van der Waals surface area (Å²) in [7, 11) is 1.61. The third kappa shape index (κ3) is 5.35. The van der Waals surface area contributed by atoms with Crippen molar-refractivity contribution < 1.29 is 29.6 Å². The van der Waals surface area contributed by atoms with Gasteiger partial charge in [-0.05, 0) is 41.3 Å². The number of halogens is 1. The first-order chi connectivity index (χ1) is 14.3. The van der Waals surface area contributed by atoms with E-state index in [1.54, 1.807) is 19.2 Å². The van der Waals surface area contributed by atoms with Crippen molar-refractivity contribution in [3.63, 3.8) is 0 Å². The molecule has 0 bridgehead atoms. The van der Waals surface area contributed by atoms with Crippen LogP contribution in [0.15, 0.2) is 42.5 Å². The fourth-order valence-electron chi connectivity index (χ4n) is 3.43. The number of rotatable bonds is 6. The molecule has 3 rings (SSSR count). The van der Waals surface area contributed by atoms with Crippen LogP contribution in [0.3, 0.4) is 0 Å². The van der Waals surface area contributed by atoms with Gasteiger partial charge in [-0.3, -0.25) is 4.79 Å². The van der Waals surface area contributed by atoms with Gasteiger partial charge in [0.05, 0.1) is 13.2 Å². The first-order valence-electron chi connectivity index (χ1n) is 9.54. The molecular formula is C22H25ClO6S. The van der Waals surface area contributed by atoms with Gasteiger partial charge in [0, 0.05) is 17.7 Å². The summed E-state index contributed by atoms with van der Waals surface area (Å²) in [5.74, 6) is 0.947. The molecule has 162 valence electrons. The second-order valence-corrected chi connectivity index (χ2v) is 8.85. The van der Waals surface area contributed by atoms with Crippen LogP contribution in [-0.2, 0) is 16.0 Å². The number of carbonyl (C=O) groups is 1. The van der Waals surface area contributed by atoms with E-state index in [1.165, 1.54) is 6.92 Å². The molecule has 5 atom stereocenters. The van der Waals surface area contributed by atoms with E-state index in [-0.39, 0.29) is 10.9 Å². The fourth-order valence-corrected chi connectivity index (χ4v) is 4.29. The van der Waals surface area contributed by atoms with Gasteiger partial charge in [-0.2, -0.15) is 0 Å². The van der Waals surface area contributed by atoms with E-state index in [2.05, 4.69) is 0 Å². The second-order valence-electron chi connectivity index (χ2n) is 7.25. The van der Waals surface area contributed by atoms with Crippen LogP contribution in [0.25, 0.3) is 0 Å². The van der Waals surface area contributed by atoms with E-state index in [1.807, 2.05) is 30.3 Å². The van der Waals surface area contributed by atoms with Gasteiger partial charge < -0.3 is 24.8 Å². The molecule has 0 aliphatic carbocycles. The number of methoxy groups -OCH3 is 1. The fraction of sp³-hybridized carbons (Fsp3) is 0.409. The smallest absolute Gasteiger partial charge is 0.185 e. The second kappa shape index (κ2) is 10.1. The molecule has 1 aliphatic rings. The highest BCUT2D eigenvalue weighted by Gasteiger charge is 2.44. The summed E-state index contributed by atoms with van der Waals surface area (Å²) < 4.78 is 11.1. The zero-order valence-electron chi connectivity index (χ0n) is 16.7. The minimum atomic E-state index is -1.39. The van der Waals surface area contributed by atoms with Crippen LogP contribution in [0.5, 0.6) is 5.75 Å². The molecule has 0 saturated carbocycles. The van der Waals surface area contributed by atoms with Crippen molar-refractivity contribution in [2.45, 2.75) is 43.9 Å². The lowest BCUT2D eigenvalue weighted by Crippen LogP contribution is -2.55. The van der Waals surface area contributed by atoms with Gasteiger partial charge in [0.1, 0.15) is 30.2 Å². The van der Waals surface area contributed by atoms with Crippen molar-refractivity contribution in [3.8, 4) is 5.75 Å². The van der Waals surface area contributed by atoms with Crippen molar-refractivity contribution >= 4 is 28.5 Å². The number of hydrogen-bond acceptors (Lipinski definition) is 7. The summed E-state index contributed by atoms with van der Waals surface area (Å²) in [4.78, 5) is 11.3. The molecule has 0 unspecified atom stereocenters. The van der Waals surface area contributed by atoms with E-state index in [0.29, 0.717) is 17.0 Å². The molecular weight excluding hydrogens is 428 g/mol. The quantitative estimate of drug-likeness (QED) is 0.620. The lowest BCUT2D eigenvalue weighted by Gasteiger charge is -2.41. The summed E-state index contributed by atoms with van der Waals surface area (Å²) in [5, 5.41) is 31.5. The molecule has 0 amide bonds. The summed E-state index contributed by atoms with van der Waals surface area (Å²) in [6.45, 7) is 1.42. The zero-order chi connectivity index (χ0) is 21.8. The molecule has 1 heterocycles. The highest BCUT2D eigenvalue weighted by molar-refractivity contribution is 8.13. The Kier molecular flexibility index (Phi) is 7.79. The summed E-state index contributed by atoms with van der Waals surface area (Å²) >= 11 is 7.39. The SMILES string of the molecule is COc1ccc(Cc2cc([C@@H]3O[C@H](CSC(C)=O)[C@@H](O)[C@H](O)[C@H]3O)ccc2Cl)cc1. The number of hydrogen-bond donors (Lipinski definition) is 3. The highest BCUT2D eigenvalue weighted by Crippen LogP contribution is 2.35. The van der Waals surface area contributed by atoms with Crippen LogP contribution >= 0.6 is 23.4 Å². The Morgan fingerprint density at radius 2 is 1.80 bits per heavy atom. The van der Waals surface area contributed by atoms with Gasteiger partial charge in [-0.1, -0.05) is 47.6 Å². The number of ether oxygens (including phenoxy) is 2. The van der Waals surface area contributed by atoms with Crippen molar-refractivity contribution in [3.05, 3.63) is 64.2 Å². The average molecular weight is 453 g/mol. The van der Waals surface area contributed by atoms with E-state index < -0.39 is 30.5 Å². The van der Waals surface area contributed by atoms with Crippen molar-refractivity contribution in [1.29, 1.82) is 0 Å². The van der Waals surface area contributed by atoms with Gasteiger partial charge in [-0.25, -0.2) is 0 Å². The standard InChI is InChI=1S/C22H25ClO6S/c1-12(24)30-11-18-19(25)20(26)21(27)22(29-18)14-5-8-17(23)15(10-14)9-13-3-6-16(28-2)7-4-13/h3-8,10,18-22,25-27H,9,11H2,1-2H3/t18-,19-,20+,21-,22+/m1/s1. The predicted octanol–water partition coefficient (Wildman–Crippen LogP) is 2.74. The van der Waals surface area contributed by atoms with E-state index in [0.717, 1.165) is 28.6 Å². The predicted molar refractivity (Wildman–Crippen MR) is 116 cm³/mol. The van der Waals surface area contributed by atoms with Gasteiger partial charge in [0.2, 0.25) is 0 Å². The Balaban J connectivity index is 1.82. The lowest BCUT2D eigenvalue weighted by atomic mass is 9.90. The number of thioether (sulfide) groups is 1. The molecule has 6 nitrogen and oxygen atoms in total. The number of aliphatic hydroxyl groups is 3. The molecule has 1 fully saturated rings. The van der Waals surface area contributed by atoms with E-state index in [9.17, 15) is 20.1 Å². The Morgan fingerprint density at radius 1 is 1.10 bits per heavy atom. The maximum atomic E-state index is 11.3. The largest absolute Gasteiger partial charge is 0.497 e. The zero-order valence-corrected chi connectivity index (χ0v) is 18.3. The summed E-state index contributed by atoms with van der Waals surface area (Å²) in [6.07, 6.45) is -5.06. The molecule has 8 heteroatoms.